The molecule has 1 saturated carbocycles. The van der Waals surface area contributed by atoms with Crippen LogP contribution in [0.5, 0.6) is 0 Å². The summed E-state index contributed by atoms with van der Waals surface area (Å²) in [6, 6.07) is 13.2. The third kappa shape index (κ3) is 3.67. The van der Waals surface area contributed by atoms with Crippen LogP contribution in [0.25, 0.3) is 0 Å². The first-order chi connectivity index (χ1) is 11.2. The predicted octanol–water partition coefficient (Wildman–Crippen LogP) is 2.46. The number of aromatic nitrogens is 2. The zero-order chi connectivity index (χ0) is 16.2. The SMILES string of the molecule is CCCn1nc(C(=O)N(Cc2ccccc2)C2CC2)ccc1=O. The van der Waals surface area contributed by atoms with Gasteiger partial charge in [0.15, 0.2) is 0 Å². The fraction of sp³-hybridized carbons (Fsp3) is 0.389. The van der Waals surface area contributed by atoms with Crippen molar-refractivity contribution in [2.45, 2.75) is 45.3 Å². The van der Waals surface area contributed by atoms with Crippen LogP contribution in [0.15, 0.2) is 47.3 Å². The van der Waals surface area contributed by atoms with E-state index in [2.05, 4.69) is 5.10 Å². The minimum absolute atomic E-state index is 0.0961. The number of hydrogen-bond acceptors (Lipinski definition) is 3. The van der Waals surface area contributed by atoms with E-state index in [-0.39, 0.29) is 17.5 Å². The van der Waals surface area contributed by atoms with Crippen molar-refractivity contribution in [3.63, 3.8) is 0 Å². The van der Waals surface area contributed by atoms with Crippen molar-refractivity contribution in [1.82, 2.24) is 14.7 Å². The number of hydrogen-bond donors (Lipinski definition) is 0. The molecule has 5 nitrogen and oxygen atoms in total. The Balaban J connectivity index is 1.84. The summed E-state index contributed by atoms with van der Waals surface area (Å²) in [4.78, 5) is 26.5. The molecule has 1 fully saturated rings. The van der Waals surface area contributed by atoms with Gasteiger partial charge in [-0.25, -0.2) is 4.68 Å². The van der Waals surface area contributed by atoms with E-state index in [4.69, 9.17) is 0 Å². The molecular formula is C18H21N3O2. The van der Waals surface area contributed by atoms with E-state index < -0.39 is 0 Å². The van der Waals surface area contributed by atoms with E-state index in [0.29, 0.717) is 18.8 Å². The highest BCUT2D eigenvalue weighted by Crippen LogP contribution is 2.29. The highest BCUT2D eigenvalue weighted by atomic mass is 16.2. The number of carbonyl (C=O) groups is 1. The standard InChI is InChI=1S/C18H21N3O2/c1-2-12-21-17(22)11-10-16(19-21)18(23)20(15-8-9-15)13-14-6-4-3-5-7-14/h3-7,10-11,15H,2,8-9,12-13H2,1H3. The lowest BCUT2D eigenvalue weighted by atomic mass is 10.2. The van der Waals surface area contributed by atoms with Crippen LogP contribution in [-0.4, -0.2) is 26.6 Å². The Bertz CT molecular complexity index is 735. The number of aryl methyl sites for hydroxylation is 1. The molecule has 1 aromatic heterocycles. The minimum Gasteiger partial charge on any atom is -0.330 e. The Hall–Kier alpha value is -2.43. The molecule has 0 radical (unpaired) electrons. The molecule has 1 heterocycles. The molecule has 2 aromatic rings. The van der Waals surface area contributed by atoms with E-state index in [0.717, 1.165) is 24.8 Å². The van der Waals surface area contributed by atoms with E-state index in [1.807, 2.05) is 42.2 Å². The Labute approximate surface area is 135 Å². The van der Waals surface area contributed by atoms with E-state index in [1.54, 1.807) is 0 Å². The molecule has 5 heteroatoms. The number of amides is 1. The largest absolute Gasteiger partial charge is 0.330 e. The molecule has 0 spiro atoms. The molecule has 1 aliphatic carbocycles. The molecule has 0 N–H and O–H groups in total. The lowest BCUT2D eigenvalue weighted by Gasteiger charge is -2.22. The van der Waals surface area contributed by atoms with E-state index in [1.165, 1.54) is 16.8 Å². The predicted molar refractivity (Wildman–Crippen MR) is 88.1 cm³/mol. The molecule has 1 aromatic carbocycles. The van der Waals surface area contributed by atoms with Crippen molar-refractivity contribution in [3.8, 4) is 0 Å². The second-order valence-corrected chi connectivity index (χ2v) is 5.93. The van der Waals surface area contributed by atoms with Crippen molar-refractivity contribution in [1.29, 1.82) is 0 Å². The third-order valence-corrected chi connectivity index (χ3v) is 3.97. The first-order valence-corrected chi connectivity index (χ1v) is 8.12. The molecule has 1 aliphatic rings. The molecule has 0 bridgehead atoms. The summed E-state index contributed by atoms with van der Waals surface area (Å²) in [6.07, 6.45) is 2.88. The van der Waals surface area contributed by atoms with Crippen LogP contribution in [0, 0.1) is 0 Å². The van der Waals surface area contributed by atoms with Gasteiger partial charge in [0.1, 0.15) is 5.69 Å². The Kier molecular flexibility index (Phi) is 4.55. The summed E-state index contributed by atoms with van der Waals surface area (Å²) in [7, 11) is 0. The highest BCUT2D eigenvalue weighted by Gasteiger charge is 2.33. The van der Waals surface area contributed by atoms with E-state index >= 15 is 0 Å². The smallest absolute Gasteiger partial charge is 0.274 e. The lowest BCUT2D eigenvalue weighted by Crippen LogP contribution is -2.35. The van der Waals surface area contributed by atoms with Gasteiger partial charge in [0, 0.05) is 25.2 Å². The second kappa shape index (κ2) is 6.77. The summed E-state index contributed by atoms with van der Waals surface area (Å²) >= 11 is 0. The molecule has 120 valence electrons. The second-order valence-electron chi connectivity index (χ2n) is 5.93. The van der Waals surface area contributed by atoms with Crippen LogP contribution in [0.4, 0.5) is 0 Å². The summed E-state index contributed by atoms with van der Waals surface area (Å²) in [5.74, 6) is -0.0961. The third-order valence-electron chi connectivity index (χ3n) is 3.97. The van der Waals surface area contributed by atoms with Crippen molar-refractivity contribution in [2.75, 3.05) is 0 Å². The summed E-state index contributed by atoms with van der Waals surface area (Å²) < 4.78 is 1.38. The van der Waals surface area contributed by atoms with Gasteiger partial charge < -0.3 is 4.90 Å². The number of nitrogens with zero attached hydrogens (tertiary/aromatic N) is 3. The van der Waals surface area contributed by atoms with Crippen molar-refractivity contribution < 1.29 is 4.79 Å². The van der Waals surface area contributed by atoms with Crippen LogP contribution in [0.1, 0.15) is 42.2 Å². The Morgan fingerprint density at radius 3 is 2.61 bits per heavy atom. The van der Waals surface area contributed by atoms with Crippen LogP contribution >= 0.6 is 0 Å². The number of rotatable bonds is 6. The summed E-state index contributed by atoms with van der Waals surface area (Å²) in [5, 5.41) is 4.25. The average molecular weight is 311 g/mol. The normalized spacial score (nSPS) is 13.8. The van der Waals surface area contributed by atoms with Gasteiger partial charge in [0.2, 0.25) is 0 Å². The molecule has 0 atom stereocenters. The fourth-order valence-corrected chi connectivity index (χ4v) is 2.62. The first-order valence-electron chi connectivity index (χ1n) is 8.12. The molecule has 23 heavy (non-hydrogen) atoms. The maximum atomic E-state index is 12.8. The maximum absolute atomic E-state index is 12.8. The number of carbonyl (C=O) groups excluding carboxylic acids is 1. The summed E-state index contributed by atoms with van der Waals surface area (Å²) in [6.45, 7) is 3.09. The topological polar surface area (TPSA) is 55.2 Å². The van der Waals surface area contributed by atoms with E-state index in [9.17, 15) is 9.59 Å². The van der Waals surface area contributed by atoms with Crippen LogP contribution in [0.3, 0.4) is 0 Å². The van der Waals surface area contributed by atoms with Gasteiger partial charge >= 0.3 is 0 Å². The van der Waals surface area contributed by atoms with Crippen molar-refractivity contribution in [2.24, 2.45) is 0 Å². The van der Waals surface area contributed by atoms with Crippen molar-refractivity contribution >= 4 is 5.91 Å². The van der Waals surface area contributed by atoms with Gasteiger partial charge in [-0.15, -0.1) is 0 Å². The Morgan fingerprint density at radius 1 is 1.22 bits per heavy atom. The zero-order valence-electron chi connectivity index (χ0n) is 13.3. The highest BCUT2D eigenvalue weighted by molar-refractivity contribution is 5.92. The van der Waals surface area contributed by atoms with Gasteiger partial charge in [0.05, 0.1) is 0 Å². The van der Waals surface area contributed by atoms with Gasteiger partial charge in [-0.2, -0.15) is 5.10 Å². The molecule has 1 amide bonds. The molecule has 0 saturated heterocycles. The van der Waals surface area contributed by atoms with Crippen molar-refractivity contribution in [3.05, 3.63) is 64.1 Å². The zero-order valence-corrected chi connectivity index (χ0v) is 13.3. The molecule has 0 aliphatic heterocycles. The molecule has 3 rings (SSSR count). The quantitative estimate of drug-likeness (QED) is 0.823. The maximum Gasteiger partial charge on any atom is 0.274 e. The fourth-order valence-electron chi connectivity index (χ4n) is 2.62. The number of benzene rings is 1. The van der Waals surface area contributed by atoms with Crippen LogP contribution in [-0.2, 0) is 13.1 Å². The summed E-state index contributed by atoms with van der Waals surface area (Å²) in [5.41, 5.74) is 1.29. The molecule has 0 unspecified atom stereocenters. The van der Waals surface area contributed by atoms with Gasteiger partial charge in [-0.1, -0.05) is 37.3 Å². The van der Waals surface area contributed by atoms with Gasteiger partial charge in [-0.05, 0) is 30.9 Å². The average Bonchev–Trinajstić information content (AvgIpc) is 3.40. The van der Waals surface area contributed by atoms with Gasteiger partial charge in [0.25, 0.3) is 11.5 Å². The monoisotopic (exact) mass is 311 g/mol. The molecular weight excluding hydrogens is 290 g/mol. The lowest BCUT2D eigenvalue weighted by molar-refractivity contribution is 0.0721. The minimum atomic E-state index is -0.163. The van der Waals surface area contributed by atoms with Crippen LogP contribution < -0.4 is 5.56 Å². The van der Waals surface area contributed by atoms with Gasteiger partial charge in [-0.3, -0.25) is 9.59 Å². The van der Waals surface area contributed by atoms with Crippen LogP contribution in [0.2, 0.25) is 0 Å². The first kappa shape index (κ1) is 15.5. The Morgan fingerprint density at radius 2 is 1.96 bits per heavy atom.